The molecule has 10 heteroatoms. The third-order valence-electron chi connectivity index (χ3n) is 2.80. The summed E-state index contributed by atoms with van der Waals surface area (Å²) in [7, 11) is -3.49. The fraction of sp³-hybridized carbons (Fsp3) is 0.500. The van der Waals surface area contributed by atoms with Gasteiger partial charge in [0.25, 0.3) is 5.91 Å². The molecule has 1 aliphatic heterocycles. The van der Waals surface area contributed by atoms with E-state index in [9.17, 15) is 14.6 Å². The summed E-state index contributed by atoms with van der Waals surface area (Å²) in [5.41, 5.74) is 5.06. The summed E-state index contributed by atoms with van der Waals surface area (Å²) in [5.74, 6) is 0.203. The molecule has 2 unspecified atom stereocenters. The summed E-state index contributed by atoms with van der Waals surface area (Å²) in [5, 5.41) is 3.91. The van der Waals surface area contributed by atoms with Crippen LogP contribution in [0.5, 0.6) is 0 Å². The van der Waals surface area contributed by atoms with Gasteiger partial charge in [-0.1, -0.05) is 6.58 Å². The molecule has 4 N–H and O–H groups in total. The Bertz CT molecular complexity index is 506. The van der Waals surface area contributed by atoms with Crippen molar-refractivity contribution in [3.05, 3.63) is 24.5 Å². The highest BCUT2D eigenvalue weighted by molar-refractivity contribution is 7.62. The lowest BCUT2D eigenvalue weighted by Crippen LogP contribution is -2.18. The standard InChI is InChI=1S/C10H15N4O5P/c1-2-20(16,17)18-5-7-3-4-8(19-7)14-6-12-10(13-14)9(11)15/h2,6-8,16-17H,1,3-5H2,(H-,11,15)/p+1. The number of carbonyl (C=O) groups excluding carboxylic acids is 1. The van der Waals surface area contributed by atoms with Gasteiger partial charge in [0.2, 0.25) is 5.82 Å². The van der Waals surface area contributed by atoms with E-state index in [-0.39, 0.29) is 24.8 Å². The van der Waals surface area contributed by atoms with Crippen LogP contribution in [0.1, 0.15) is 29.7 Å². The quantitative estimate of drug-likeness (QED) is 0.628. The zero-order valence-electron chi connectivity index (χ0n) is 10.6. The SMILES string of the molecule is C=C[P+](O)(O)OCC1CCC(n2cnc(C(N)=O)n2)O1. The fourth-order valence-electron chi connectivity index (χ4n) is 1.78. The summed E-state index contributed by atoms with van der Waals surface area (Å²) in [4.78, 5) is 33.3. The minimum atomic E-state index is -3.49. The monoisotopic (exact) mass is 303 g/mol. The van der Waals surface area contributed by atoms with Gasteiger partial charge in [0, 0.05) is 0 Å². The van der Waals surface area contributed by atoms with Gasteiger partial charge in [-0.15, -0.1) is 5.10 Å². The van der Waals surface area contributed by atoms with Crippen molar-refractivity contribution in [1.29, 1.82) is 0 Å². The van der Waals surface area contributed by atoms with Crippen LogP contribution in [0.15, 0.2) is 18.7 Å². The third kappa shape index (κ3) is 3.59. The molecule has 0 bridgehead atoms. The molecule has 2 rings (SSSR count). The van der Waals surface area contributed by atoms with Gasteiger partial charge in [-0.05, 0) is 12.8 Å². The third-order valence-corrected chi connectivity index (χ3v) is 3.80. The lowest BCUT2D eigenvalue weighted by Gasteiger charge is -2.13. The summed E-state index contributed by atoms with van der Waals surface area (Å²) in [6.45, 7) is 3.32. The summed E-state index contributed by atoms with van der Waals surface area (Å²) in [6, 6.07) is 0. The molecule has 0 aromatic carbocycles. The number of carbonyl (C=O) groups is 1. The Morgan fingerprint density at radius 2 is 2.45 bits per heavy atom. The molecular weight excluding hydrogens is 287 g/mol. The van der Waals surface area contributed by atoms with E-state index >= 15 is 0 Å². The van der Waals surface area contributed by atoms with Gasteiger partial charge in [-0.2, -0.15) is 14.3 Å². The van der Waals surface area contributed by atoms with E-state index < -0.39 is 13.9 Å². The van der Waals surface area contributed by atoms with Crippen molar-refractivity contribution < 1.29 is 23.8 Å². The molecule has 20 heavy (non-hydrogen) atoms. The van der Waals surface area contributed by atoms with Crippen LogP contribution >= 0.6 is 7.94 Å². The second kappa shape index (κ2) is 5.94. The van der Waals surface area contributed by atoms with E-state index in [1.807, 2.05) is 0 Å². The van der Waals surface area contributed by atoms with Gasteiger partial charge in [0.05, 0.1) is 6.10 Å². The predicted molar refractivity (Wildman–Crippen MR) is 69.2 cm³/mol. The molecule has 1 aliphatic rings. The molecule has 1 aromatic rings. The molecule has 0 aliphatic carbocycles. The lowest BCUT2D eigenvalue weighted by atomic mass is 10.2. The molecule has 0 saturated carbocycles. The number of aromatic nitrogens is 3. The predicted octanol–water partition coefficient (Wildman–Crippen LogP) is -0.0381. The number of nitrogens with zero attached hydrogens (tertiary/aromatic N) is 3. The number of ether oxygens (including phenoxy) is 1. The van der Waals surface area contributed by atoms with Gasteiger partial charge >= 0.3 is 7.94 Å². The summed E-state index contributed by atoms with van der Waals surface area (Å²) < 4.78 is 12.0. The molecule has 0 radical (unpaired) electrons. The number of rotatable bonds is 6. The Balaban J connectivity index is 1.88. The molecule has 110 valence electrons. The Morgan fingerprint density at radius 1 is 1.70 bits per heavy atom. The largest absolute Gasteiger partial charge is 0.435 e. The van der Waals surface area contributed by atoms with Gasteiger partial charge in [-0.25, -0.2) is 9.67 Å². The van der Waals surface area contributed by atoms with Gasteiger partial charge in [0.1, 0.15) is 18.8 Å². The van der Waals surface area contributed by atoms with Crippen LogP contribution < -0.4 is 5.73 Å². The first kappa shape index (κ1) is 15.0. The maximum Gasteiger partial charge on any atom is 0.435 e. The molecule has 1 aromatic heterocycles. The molecule has 2 heterocycles. The van der Waals surface area contributed by atoms with Gasteiger partial charge in [0.15, 0.2) is 6.23 Å². The molecule has 1 fully saturated rings. The van der Waals surface area contributed by atoms with E-state index in [1.165, 1.54) is 11.0 Å². The van der Waals surface area contributed by atoms with Crippen LogP contribution in [-0.4, -0.2) is 43.2 Å². The van der Waals surface area contributed by atoms with Crippen molar-refractivity contribution in [3.63, 3.8) is 0 Å². The number of nitrogens with two attached hydrogens (primary N) is 1. The van der Waals surface area contributed by atoms with Crippen LogP contribution in [0.25, 0.3) is 0 Å². The van der Waals surface area contributed by atoms with Crippen LogP contribution in [0.4, 0.5) is 0 Å². The first-order valence-corrected chi connectivity index (χ1v) is 7.58. The topological polar surface area (TPSA) is 133 Å². The Hall–Kier alpha value is -1.38. The van der Waals surface area contributed by atoms with Crippen molar-refractivity contribution >= 4 is 13.9 Å². The normalized spacial score (nSPS) is 22.9. The Morgan fingerprint density at radius 3 is 3.05 bits per heavy atom. The van der Waals surface area contributed by atoms with Crippen LogP contribution in [0.2, 0.25) is 0 Å². The van der Waals surface area contributed by atoms with Crippen molar-refractivity contribution in [1.82, 2.24) is 14.8 Å². The zero-order valence-corrected chi connectivity index (χ0v) is 11.5. The second-order valence-electron chi connectivity index (χ2n) is 4.27. The number of hydrogen-bond donors (Lipinski definition) is 3. The van der Waals surface area contributed by atoms with Crippen molar-refractivity contribution in [2.24, 2.45) is 5.73 Å². The molecule has 0 spiro atoms. The molecule has 1 saturated heterocycles. The van der Waals surface area contributed by atoms with E-state index in [1.54, 1.807) is 0 Å². The molecular formula is C10H16N4O5P+. The second-order valence-corrected chi connectivity index (χ2v) is 6.07. The van der Waals surface area contributed by atoms with Gasteiger partial charge in [-0.3, -0.25) is 4.79 Å². The first-order valence-electron chi connectivity index (χ1n) is 5.90. The maximum absolute atomic E-state index is 10.9. The van der Waals surface area contributed by atoms with Crippen molar-refractivity contribution in [3.8, 4) is 0 Å². The average Bonchev–Trinajstić information content (AvgIpc) is 3.05. The number of hydrogen-bond acceptors (Lipinski definition) is 7. The maximum atomic E-state index is 10.9. The van der Waals surface area contributed by atoms with Crippen molar-refractivity contribution in [2.45, 2.75) is 25.2 Å². The van der Waals surface area contributed by atoms with Gasteiger partial charge < -0.3 is 10.5 Å². The van der Waals surface area contributed by atoms with Crippen LogP contribution in [0, 0.1) is 0 Å². The summed E-state index contributed by atoms with van der Waals surface area (Å²) >= 11 is 0. The first-order chi connectivity index (χ1) is 9.41. The van der Waals surface area contributed by atoms with E-state index in [0.29, 0.717) is 12.8 Å². The number of amides is 1. The zero-order chi connectivity index (χ0) is 14.8. The van der Waals surface area contributed by atoms with Crippen LogP contribution in [-0.2, 0) is 9.26 Å². The molecule has 1 amide bonds. The minimum absolute atomic E-state index is 0.0423. The van der Waals surface area contributed by atoms with E-state index in [2.05, 4.69) is 16.7 Å². The molecule has 9 nitrogen and oxygen atoms in total. The highest BCUT2D eigenvalue weighted by atomic mass is 31.2. The van der Waals surface area contributed by atoms with Crippen LogP contribution in [0.3, 0.4) is 0 Å². The summed E-state index contributed by atoms with van der Waals surface area (Å²) in [6.07, 6.45) is 2.00. The Kier molecular flexibility index (Phi) is 4.46. The highest BCUT2D eigenvalue weighted by Gasteiger charge is 2.35. The van der Waals surface area contributed by atoms with Crippen molar-refractivity contribution in [2.75, 3.05) is 6.61 Å². The smallest absolute Gasteiger partial charge is 0.363 e. The fourth-order valence-corrected chi connectivity index (χ4v) is 2.27. The van der Waals surface area contributed by atoms with E-state index in [0.717, 1.165) is 5.82 Å². The number of primary amides is 1. The lowest BCUT2D eigenvalue weighted by molar-refractivity contribution is -0.0264. The van der Waals surface area contributed by atoms with E-state index in [4.69, 9.17) is 15.0 Å². The average molecular weight is 303 g/mol. The minimum Gasteiger partial charge on any atom is -0.363 e. The highest BCUT2D eigenvalue weighted by Crippen LogP contribution is 2.52. The molecule has 2 atom stereocenters. The Labute approximate surface area is 115 Å².